The molecule has 0 fully saturated rings. The molecule has 0 heterocycles. The maximum absolute atomic E-state index is 12.0. The molecule has 80 valence electrons. The molecule has 0 amide bonds. The van der Waals surface area contributed by atoms with Crippen molar-refractivity contribution in [2.45, 2.75) is 12.8 Å². The van der Waals surface area contributed by atoms with Gasteiger partial charge in [0.25, 0.3) is 0 Å². The summed E-state index contributed by atoms with van der Waals surface area (Å²) in [7, 11) is 0. The molecule has 1 aliphatic rings. The van der Waals surface area contributed by atoms with Crippen LogP contribution in [0.3, 0.4) is 0 Å². The molecule has 0 radical (unpaired) electrons. The lowest BCUT2D eigenvalue weighted by Gasteiger charge is -2.01. The third kappa shape index (κ3) is 2.16. The summed E-state index contributed by atoms with van der Waals surface area (Å²) in [6.07, 6.45) is 6.59. The van der Waals surface area contributed by atoms with Crippen molar-refractivity contribution < 1.29 is 9.59 Å². The van der Waals surface area contributed by atoms with Gasteiger partial charge in [0, 0.05) is 5.56 Å². The Hall–Kier alpha value is -1.96. The number of rotatable bonds is 2. The van der Waals surface area contributed by atoms with E-state index in [0.717, 1.165) is 12.8 Å². The minimum Gasteiger partial charge on any atom is -0.289 e. The largest absolute Gasteiger partial charge is 0.289 e. The van der Waals surface area contributed by atoms with Crippen molar-refractivity contribution in [1.82, 2.24) is 0 Å². The Balaban J connectivity index is 2.32. The molecule has 1 aromatic carbocycles. The van der Waals surface area contributed by atoms with Crippen LogP contribution in [-0.4, -0.2) is 11.6 Å². The predicted molar refractivity (Wildman–Crippen MR) is 62.2 cm³/mol. The summed E-state index contributed by atoms with van der Waals surface area (Å²) in [6.45, 7) is 0. The number of benzene rings is 1. The monoisotopic (exact) mass is 212 g/mol. The fraction of sp³-hybridized carbons (Fsp3) is 0.143. The second-order valence-corrected chi connectivity index (χ2v) is 3.66. The first-order chi connectivity index (χ1) is 7.79. The summed E-state index contributed by atoms with van der Waals surface area (Å²) >= 11 is 0. The zero-order valence-corrected chi connectivity index (χ0v) is 8.85. The highest BCUT2D eigenvalue weighted by Gasteiger charge is 2.18. The summed E-state index contributed by atoms with van der Waals surface area (Å²) < 4.78 is 0. The van der Waals surface area contributed by atoms with E-state index in [2.05, 4.69) is 0 Å². The fourth-order valence-corrected chi connectivity index (χ4v) is 1.65. The highest BCUT2D eigenvalue weighted by atomic mass is 16.1. The smallest absolute Gasteiger partial charge is 0.196 e. The first-order valence-corrected chi connectivity index (χ1v) is 5.30. The lowest BCUT2D eigenvalue weighted by Crippen LogP contribution is -2.10. The van der Waals surface area contributed by atoms with Crippen LogP contribution in [0.1, 0.15) is 23.2 Å². The molecule has 0 aliphatic heterocycles. The van der Waals surface area contributed by atoms with Crippen LogP contribution in [0.4, 0.5) is 0 Å². The van der Waals surface area contributed by atoms with Crippen LogP contribution in [0, 0.1) is 0 Å². The van der Waals surface area contributed by atoms with Crippen LogP contribution in [0.5, 0.6) is 0 Å². The summed E-state index contributed by atoms with van der Waals surface area (Å²) in [6, 6.07) is 8.89. The topological polar surface area (TPSA) is 34.1 Å². The minimum absolute atomic E-state index is 0.183. The van der Waals surface area contributed by atoms with Gasteiger partial charge in [-0.1, -0.05) is 42.5 Å². The average molecular weight is 212 g/mol. The van der Waals surface area contributed by atoms with Gasteiger partial charge in [0.2, 0.25) is 0 Å². The second kappa shape index (κ2) is 4.71. The average Bonchev–Trinajstić information content (AvgIpc) is 2.54. The molecule has 1 aromatic rings. The molecule has 0 bridgehead atoms. The lowest BCUT2D eigenvalue weighted by atomic mass is 10.00. The molecule has 0 aromatic heterocycles. The van der Waals surface area contributed by atoms with E-state index >= 15 is 0 Å². The maximum atomic E-state index is 12.0. The van der Waals surface area contributed by atoms with Gasteiger partial charge in [0.15, 0.2) is 11.6 Å². The van der Waals surface area contributed by atoms with Gasteiger partial charge in [-0.25, -0.2) is 0 Å². The SMILES string of the molecule is O=C1C=CCCC=C1C(=O)c1ccccc1. The number of Topliss-reactive ketones (excluding diaryl/α,β-unsaturated/α-hetero) is 1. The standard InChI is InChI=1S/C14H12O2/c15-13-10-6-2-5-9-12(13)14(16)11-7-3-1-4-8-11/h1,3-4,6-10H,2,5H2. The molecular formula is C14H12O2. The molecule has 2 nitrogen and oxygen atoms in total. The first-order valence-electron chi connectivity index (χ1n) is 5.30. The van der Waals surface area contributed by atoms with E-state index < -0.39 is 0 Å². The predicted octanol–water partition coefficient (Wildman–Crippen LogP) is 2.71. The van der Waals surface area contributed by atoms with E-state index in [0.29, 0.717) is 11.1 Å². The number of hydrogen-bond donors (Lipinski definition) is 0. The molecule has 16 heavy (non-hydrogen) atoms. The number of allylic oxidation sites excluding steroid dienone is 4. The molecule has 1 aliphatic carbocycles. The number of ketones is 2. The van der Waals surface area contributed by atoms with Crippen molar-refractivity contribution in [3.8, 4) is 0 Å². The van der Waals surface area contributed by atoms with Gasteiger partial charge in [0.05, 0.1) is 5.57 Å². The molecule has 0 saturated heterocycles. The lowest BCUT2D eigenvalue weighted by molar-refractivity contribution is -0.111. The Morgan fingerprint density at radius 3 is 2.56 bits per heavy atom. The summed E-state index contributed by atoms with van der Waals surface area (Å²) in [5.74, 6) is -0.372. The third-order valence-corrected chi connectivity index (χ3v) is 2.50. The molecule has 0 atom stereocenters. The van der Waals surface area contributed by atoms with Crippen molar-refractivity contribution in [1.29, 1.82) is 0 Å². The van der Waals surface area contributed by atoms with Crippen LogP contribution in [0.2, 0.25) is 0 Å². The van der Waals surface area contributed by atoms with Gasteiger partial charge in [-0.05, 0) is 18.9 Å². The van der Waals surface area contributed by atoms with E-state index in [9.17, 15) is 9.59 Å². The van der Waals surface area contributed by atoms with Crippen molar-refractivity contribution in [3.63, 3.8) is 0 Å². The normalized spacial score (nSPS) is 15.5. The highest BCUT2D eigenvalue weighted by Crippen LogP contribution is 2.14. The van der Waals surface area contributed by atoms with E-state index in [-0.39, 0.29) is 11.6 Å². The van der Waals surface area contributed by atoms with Crippen molar-refractivity contribution in [3.05, 3.63) is 59.7 Å². The molecule has 0 N–H and O–H groups in total. The van der Waals surface area contributed by atoms with E-state index in [1.54, 1.807) is 30.3 Å². The molecule has 2 rings (SSSR count). The molecule has 0 spiro atoms. The van der Waals surface area contributed by atoms with Crippen LogP contribution >= 0.6 is 0 Å². The van der Waals surface area contributed by atoms with Crippen LogP contribution in [0.15, 0.2) is 54.1 Å². The zero-order chi connectivity index (χ0) is 11.4. The Kier molecular flexibility index (Phi) is 3.10. The third-order valence-electron chi connectivity index (χ3n) is 2.50. The van der Waals surface area contributed by atoms with Crippen LogP contribution in [-0.2, 0) is 4.79 Å². The van der Waals surface area contributed by atoms with Gasteiger partial charge in [-0.2, -0.15) is 0 Å². The van der Waals surface area contributed by atoms with Crippen molar-refractivity contribution >= 4 is 11.6 Å². The van der Waals surface area contributed by atoms with Gasteiger partial charge in [0.1, 0.15) is 0 Å². The van der Waals surface area contributed by atoms with Crippen LogP contribution < -0.4 is 0 Å². The van der Waals surface area contributed by atoms with Gasteiger partial charge < -0.3 is 0 Å². The maximum Gasteiger partial charge on any atom is 0.196 e. The number of carbonyl (C=O) groups is 2. The summed E-state index contributed by atoms with van der Waals surface area (Å²) in [5, 5.41) is 0. The van der Waals surface area contributed by atoms with E-state index in [1.807, 2.05) is 12.1 Å². The van der Waals surface area contributed by atoms with Crippen molar-refractivity contribution in [2.75, 3.05) is 0 Å². The Morgan fingerprint density at radius 1 is 1.06 bits per heavy atom. The minimum atomic E-state index is -0.189. The van der Waals surface area contributed by atoms with E-state index in [1.165, 1.54) is 6.08 Å². The molecular weight excluding hydrogens is 200 g/mol. The quantitative estimate of drug-likeness (QED) is 0.558. The summed E-state index contributed by atoms with van der Waals surface area (Å²) in [5.41, 5.74) is 0.859. The zero-order valence-electron chi connectivity index (χ0n) is 8.85. The van der Waals surface area contributed by atoms with Crippen molar-refractivity contribution in [2.24, 2.45) is 0 Å². The van der Waals surface area contributed by atoms with Gasteiger partial charge in [-0.3, -0.25) is 9.59 Å². The molecule has 0 unspecified atom stereocenters. The Morgan fingerprint density at radius 2 is 1.81 bits per heavy atom. The number of carbonyl (C=O) groups excluding carboxylic acids is 2. The van der Waals surface area contributed by atoms with E-state index in [4.69, 9.17) is 0 Å². The van der Waals surface area contributed by atoms with Gasteiger partial charge >= 0.3 is 0 Å². The van der Waals surface area contributed by atoms with Crippen LogP contribution in [0.25, 0.3) is 0 Å². The molecule has 2 heteroatoms. The number of hydrogen-bond acceptors (Lipinski definition) is 2. The second-order valence-electron chi connectivity index (χ2n) is 3.66. The van der Waals surface area contributed by atoms with Gasteiger partial charge in [-0.15, -0.1) is 0 Å². The first kappa shape index (κ1) is 10.6. The Bertz CT molecular complexity index is 467. The fourth-order valence-electron chi connectivity index (χ4n) is 1.65. The Labute approximate surface area is 94.3 Å². The molecule has 0 saturated carbocycles. The summed E-state index contributed by atoms with van der Waals surface area (Å²) in [4.78, 5) is 23.7. The highest BCUT2D eigenvalue weighted by molar-refractivity contribution is 6.29.